The van der Waals surface area contributed by atoms with Crippen LogP contribution in [0.3, 0.4) is 0 Å². The fourth-order valence-electron chi connectivity index (χ4n) is 2.46. The Morgan fingerprint density at radius 1 is 1.04 bits per heavy atom. The van der Waals surface area contributed by atoms with Crippen molar-refractivity contribution in [2.24, 2.45) is 0 Å². The molecule has 3 aromatic rings. The maximum Gasteiger partial charge on any atom is 0.416 e. The summed E-state index contributed by atoms with van der Waals surface area (Å²) < 4.78 is 66.7. The van der Waals surface area contributed by atoms with Crippen LogP contribution in [0.5, 0.6) is 0 Å². The lowest BCUT2D eigenvalue weighted by molar-refractivity contribution is -0.137. The number of alkyl halides is 3. The molecule has 0 aliphatic heterocycles. The molecule has 0 aliphatic carbocycles. The summed E-state index contributed by atoms with van der Waals surface area (Å²) in [5, 5.41) is 4.21. The SMILES string of the molecule is O=S(=O)(NCCc1cnn(-c2ccccc2)c1)c1cccc(C(F)(F)F)c1. The van der Waals surface area contributed by atoms with E-state index in [2.05, 4.69) is 9.82 Å². The summed E-state index contributed by atoms with van der Waals surface area (Å²) in [6.45, 7) is 0.0407. The van der Waals surface area contributed by atoms with E-state index in [4.69, 9.17) is 0 Å². The lowest BCUT2D eigenvalue weighted by Crippen LogP contribution is -2.26. The van der Waals surface area contributed by atoms with Gasteiger partial charge in [0.1, 0.15) is 0 Å². The van der Waals surface area contributed by atoms with E-state index in [0.717, 1.165) is 29.4 Å². The molecular weight excluding hydrogens is 379 g/mol. The monoisotopic (exact) mass is 395 g/mol. The molecule has 0 saturated heterocycles. The Bertz CT molecular complexity index is 1020. The number of halogens is 3. The van der Waals surface area contributed by atoms with E-state index in [-0.39, 0.29) is 6.54 Å². The average Bonchev–Trinajstić information content (AvgIpc) is 3.11. The van der Waals surface area contributed by atoms with E-state index in [1.165, 1.54) is 0 Å². The topological polar surface area (TPSA) is 64.0 Å². The van der Waals surface area contributed by atoms with Crippen LogP contribution in [0, 0.1) is 0 Å². The molecule has 0 radical (unpaired) electrons. The van der Waals surface area contributed by atoms with Gasteiger partial charge in [-0.1, -0.05) is 24.3 Å². The molecule has 2 aromatic carbocycles. The second-order valence-corrected chi connectivity index (χ2v) is 7.57. The Labute approximate surface area is 154 Å². The maximum absolute atomic E-state index is 12.7. The van der Waals surface area contributed by atoms with Crippen molar-refractivity contribution in [2.75, 3.05) is 6.54 Å². The maximum atomic E-state index is 12.7. The van der Waals surface area contributed by atoms with E-state index < -0.39 is 26.7 Å². The standard InChI is InChI=1S/C18H16F3N3O2S/c19-18(20,21)15-5-4-8-17(11-15)27(25,26)23-10-9-14-12-22-24(13-14)16-6-2-1-3-7-16/h1-8,11-13,23H,9-10H2. The van der Waals surface area contributed by atoms with Gasteiger partial charge in [0.25, 0.3) is 0 Å². The highest BCUT2D eigenvalue weighted by atomic mass is 32.2. The number of benzene rings is 2. The third-order valence-corrected chi connectivity index (χ3v) is 5.29. The first-order valence-electron chi connectivity index (χ1n) is 8.02. The van der Waals surface area contributed by atoms with E-state index in [0.29, 0.717) is 12.5 Å². The summed E-state index contributed by atoms with van der Waals surface area (Å²) in [7, 11) is -4.04. The van der Waals surface area contributed by atoms with E-state index in [1.54, 1.807) is 17.1 Å². The number of hydrogen-bond donors (Lipinski definition) is 1. The number of hydrogen-bond acceptors (Lipinski definition) is 3. The van der Waals surface area contributed by atoms with Gasteiger partial charge in [0.15, 0.2) is 0 Å². The van der Waals surface area contributed by atoms with Crippen molar-refractivity contribution < 1.29 is 21.6 Å². The van der Waals surface area contributed by atoms with Crippen LogP contribution < -0.4 is 4.72 Å². The van der Waals surface area contributed by atoms with E-state index >= 15 is 0 Å². The van der Waals surface area contributed by atoms with Gasteiger partial charge in [0.2, 0.25) is 10.0 Å². The molecule has 3 rings (SSSR count). The van der Waals surface area contributed by atoms with Crippen LogP contribution in [-0.2, 0) is 22.6 Å². The third-order valence-electron chi connectivity index (χ3n) is 3.83. The van der Waals surface area contributed by atoms with Crippen molar-refractivity contribution in [2.45, 2.75) is 17.5 Å². The number of sulfonamides is 1. The van der Waals surface area contributed by atoms with Crippen molar-refractivity contribution in [3.05, 3.63) is 78.1 Å². The fourth-order valence-corrected chi connectivity index (χ4v) is 3.54. The summed E-state index contributed by atoms with van der Waals surface area (Å²) in [6, 6.07) is 13.1. The minimum atomic E-state index is -4.60. The Morgan fingerprint density at radius 3 is 2.48 bits per heavy atom. The largest absolute Gasteiger partial charge is 0.416 e. The van der Waals surface area contributed by atoms with Gasteiger partial charge in [-0.05, 0) is 42.3 Å². The van der Waals surface area contributed by atoms with Crippen LogP contribution in [0.4, 0.5) is 13.2 Å². The first kappa shape index (κ1) is 19.1. The molecule has 27 heavy (non-hydrogen) atoms. The smallest absolute Gasteiger partial charge is 0.241 e. The van der Waals surface area contributed by atoms with Crippen LogP contribution in [0.2, 0.25) is 0 Å². The highest BCUT2D eigenvalue weighted by Crippen LogP contribution is 2.30. The van der Waals surface area contributed by atoms with Crippen LogP contribution in [-0.4, -0.2) is 24.7 Å². The van der Waals surface area contributed by atoms with Gasteiger partial charge in [-0.3, -0.25) is 0 Å². The molecule has 142 valence electrons. The highest BCUT2D eigenvalue weighted by Gasteiger charge is 2.31. The third kappa shape index (κ3) is 4.75. The van der Waals surface area contributed by atoms with Crippen molar-refractivity contribution in [3.8, 4) is 5.69 Å². The molecule has 0 bridgehead atoms. The zero-order chi connectivity index (χ0) is 19.5. The van der Waals surface area contributed by atoms with Gasteiger partial charge in [0.05, 0.1) is 22.3 Å². The fraction of sp³-hybridized carbons (Fsp3) is 0.167. The molecule has 1 aromatic heterocycles. The molecule has 0 aliphatic rings. The molecule has 0 amide bonds. The Hall–Kier alpha value is -2.65. The molecular formula is C18H16F3N3O2S. The van der Waals surface area contributed by atoms with E-state index in [1.807, 2.05) is 30.3 Å². The van der Waals surface area contributed by atoms with Crippen molar-refractivity contribution in [3.63, 3.8) is 0 Å². The lowest BCUT2D eigenvalue weighted by Gasteiger charge is -2.10. The average molecular weight is 395 g/mol. The second kappa shape index (κ2) is 7.53. The van der Waals surface area contributed by atoms with Gasteiger partial charge in [-0.15, -0.1) is 0 Å². The molecule has 0 saturated carbocycles. The summed E-state index contributed by atoms with van der Waals surface area (Å²) >= 11 is 0. The predicted molar refractivity (Wildman–Crippen MR) is 93.9 cm³/mol. The molecule has 1 heterocycles. The van der Waals surface area contributed by atoms with Gasteiger partial charge >= 0.3 is 6.18 Å². The van der Waals surface area contributed by atoms with Crippen molar-refractivity contribution >= 4 is 10.0 Å². The second-order valence-electron chi connectivity index (χ2n) is 5.80. The quantitative estimate of drug-likeness (QED) is 0.696. The molecule has 0 fully saturated rings. The van der Waals surface area contributed by atoms with E-state index in [9.17, 15) is 21.6 Å². The van der Waals surface area contributed by atoms with Crippen molar-refractivity contribution in [1.82, 2.24) is 14.5 Å². The van der Waals surface area contributed by atoms with Crippen LogP contribution in [0.25, 0.3) is 5.69 Å². The Balaban J connectivity index is 1.64. The first-order chi connectivity index (χ1) is 12.8. The molecule has 0 unspecified atom stereocenters. The first-order valence-corrected chi connectivity index (χ1v) is 9.50. The Kier molecular flexibility index (Phi) is 5.33. The number of aromatic nitrogens is 2. The Morgan fingerprint density at radius 2 is 1.78 bits per heavy atom. The number of nitrogens with zero attached hydrogens (tertiary/aromatic N) is 2. The van der Waals surface area contributed by atoms with Gasteiger partial charge in [-0.25, -0.2) is 17.8 Å². The summed E-state index contributed by atoms with van der Waals surface area (Å²) in [4.78, 5) is -0.419. The summed E-state index contributed by atoms with van der Waals surface area (Å²) in [6.07, 6.45) is -0.859. The molecule has 0 spiro atoms. The molecule has 0 atom stereocenters. The summed E-state index contributed by atoms with van der Waals surface area (Å²) in [5.74, 6) is 0. The predicted octanol–water partition coefficient (Wildman–Crippen LogP) is 3.41. The number of nitrogens with one attached hydrogen (secondary N) is 1. The minimum absolute atomic E-state index is 0.0407. The van der Waals surface area contributed by atoms with Crippen LogP contribution in [0.1, 0.15) is 11.1 Å². The van der Waals surface area contributed by atoms with Gasteiger partial charge in [0, 0.05) is 12.7 Å². The molecule has 5 nitrogen and oxygen atoms in total. The zero-order valence-corrected chi connectivity index (χ0v) is 14.8. The zero-order valence-electron chi connectivity index (χ0n) is 14.0. The van der Waals surface area contributed by atoms with Crippen LogP contribution >= 0.6 is 0 Å². The van der Waals surface area contributed by atoms with Crippen molar-refractivity contribution in [1.29, 1.82) is 0 Å². The number of rotatable bonds is 6. The highest BCUT2D eigenvalue weighted by molar-refractivity contribution is 7.89. The molecule has 9 heteroatoms. The normalized spacial score (nSPS) is 12.3. The van der Waals surface area contributed by atoms with Gasteiger partial charge < -0.3 is 0 Å². The molecule has 1 N–H and O–H groups in total. The summed E-state index contributed by atoms with van der Waals surface area (Å²) in [5.41, 5.74) is 0.661. The minimum Gasteiger partial charge on any atom is -0.241 e. The van der Waals surface area contributed by atoms with Crippen LogP contribution in [0.15, 0.2) is 71.9 Å². The van der Waals surface area contributed by atoms with Gasteiger partial charge in [-0.2, -0.15) is 18.3 Å². The lowest BCUT2D eigenvalue weighted by atomic mass is 10.2. The number of para-hydroxylation sites is 1.